The molecule has 0 atom stereocenters. The van der Waals surface area contributed by atoms with Gasteiger partial charge in [0.25, 0.3) is 0 Å². The van der Waals surface area contributed by atoms with Gasteiger partial charge in [-0.1, -0.05) is 42.5 Å². The number of hydrogen-bond donors (Lipinski definition) is 0. The smallest absolute Gasteiger partial charge is 0.0935 e. The summed E-state index contributed by atoms with van der Waals surface area (Å²) in [7, 11) is 0. The van der Waals surface area contributed by atoms with Crippen LogP contribution in [0.2, 0.25) is 0 Å². The van der Waals surface area contributed by atoms with E-state index in [2.05, 4.69) is 28.4 Å². The summed E-state index contributed by atoms with van der Waals surface area (Å²) in [5.41, 5.74) is 4.42. The van der Waals surface area contributed by atoms with Crippen molar-refractivity contribution in [3.8, 4) is 11.1 Å². The monoisotopic (exact) mass is 206 g/mol. The highest BCUT2D eigenvalue weighted by Crippen LogP contribution is 2.34. The maximum atomic E-state index is 4.18. The van der Waals surface area contributed by atoms with Crippen molar-refractivity contribution in [3.05, 3.63) is 60.3 Å². The van der Waals surface area contributed by atoms with E-state index >= 15 is 0 Å². The van der Waals surface area contributed by atoms with Crippen molar-refractivity contribution in [1.29, 1.82) is 0 Å². The van der Waals surface area contributed by atoms with E-state index in [0.717, 1.165) is 11.3 Å². The van der Waals surface area contributed by atoms with Gasteiger partial charge < -0.3 is 0 Å². The van der Waals surface area contributed by atoms with Crippen molar-refractivity contribution < 1.29 is 0 Å². The first-order chi connectivity index (χ1) is 7.95. The molecule has 2 heteroatoms. The van der Waals surface area contributed by atoms with E-state index in [0.29, 0.717) is 0 Å². The molecule has 0 aliphatic carbocycles. The van der Waals surface area contributed by atoms with Crippen LogP contribution in [0.15, 0.2) is 65.0 Å². The second-order valence-corrected chi connectivity index (χ2v) is 3.64. The molecule has 1 heterocycles. The Hall–Kier alpha value is -2.22. The van der Waals surface area contributed by atoms with E-state index in [1.807, 2.05) is 36.4 Å². The largest absolute Gasteiger partial charge is 0.159 e. The summed E-state index contributed by atoms with van der Waals surface area (Å²) in [5.74, 6) is 0. The van der Waals surface area contributed by atoms with Gasteiger partial charge in [-0.05, 0) is 23.3 Å². The minimum Gasteiger partial charge on any atom is -0.159 e. The van der Waals surface area contributed by atoms with Gasteiger partial charge in [0.05, 0.1) is 11.9 Å². The molecule has 1 aliphatic rings. The first kappa shape index (κ1) is 9.04. The maximum Gasteiger partial charge on any atom is 0.0935 e. The van der Waals surface area contributed by atoms with E-state index in [9.17, 15) is 0 Å². The van der Waals surface area contributed by atoms with Crippen LogP contribution in [0.5, 0.6) is 0 Å². The zero-order valence-corrected chi connectivity index (χ0v) is 8.67. The number of nitrogens with zero attached hydrogens (tertiary/aromatic N) is 2. The molecule has 0 saturated carbocycles. The van der Waals surface area contributed by atoms with Crippen LogP contribution in [0, 0.1) is 0 Å². The Morgan fingerprint density at radius 1 is 0.750 bits per heavy atom. The average Bonchev–Trinajstić information content (AvgIpc) is 2.33. The molecule has 1 aliphatic heterocycles. The summed E-state index contributed by atoms with van der Waals surface area (Å²) in [5, 5.41) is 8.20. The first-order valence-electron chi connectivity index (χ1n) is 5.21. The SMILES string of the molecule is C1=C\c2ccccc2-c2ccccc2\N=N/1. The molecule has 0 bridgehead atoms. The van der Waals surface area contributed by atoms with Gasteiger partial charge >= 0.3 is 0 Å². The summed E-state index contributed by atoms with van der Waals surface area (Å²) in [6, 6.07) is 16.3. The van der Waals surface area contributed by atoms with Gasteiger partial charge in [0, 0.05) is 5.56 Å². The Kier molecular flexibility index (Phi) is 2.11. The molecule has 0 amide bonds. The van der Waals surface area contributed by atoms with Crippen molar-refractivity contribution in [2.45, 2.75) is 0 Å². The molecular weight excluding hydrogens is 196 g/mol. The van der Waals surface area contributed by atoms with Crippen molar-refractivity contribution >= 4 is 11.8 Å². The van der Waals surface area contributed by atoms with Crippen LogP contribution < -0.4 is 0 Å². The summed E-state index contributed by atoms with van der Waals surface area (Å²) < 4.78 is 0. The van der Waals surface area contributed by atoms with Crippen LogP contribution in [0.25, 0.3) is 17.2 Å². The summed E-state index contributed by atoms with van der Waals surface area (Å²) >= 11 is 0. The van der Waals surface area contributed by atoms with Crippen LogP contribution in [0.1, 0.15) is 5.56 Å². The lowest BCUT2D eigenvalue weighted by Crippen LogP contribution is -1.84. The average molecular weight is 206 g/mol. The van der Waals surface area contributed by atoms with Gasteiger partial charge in [-0.2, -0.15) is 10.2 Å². The maximum absolute atomic E-state index is 4.18. The van der Waals surface area contributed by atoms with Crippen molar-refractivity contribution in [2.24, 2.45) is 10.2 Å². The van der Waals surface area contributed by atoms with Crippen LogP contribution in [-0.2, 0) is 0 Å². The molecule has 0 spiro atoms. The third kappa shape index (κ3) is 1.44. The lowest BCUT2D eigenvalue weighted by molar-refractivity contribution is 1.23. The van der Waals surface area contributed by atoms with Gasteiger partial charge in [-0.25, -0.2) is 0 Å². The molecule has 16 heavy (non-hydrogen) atoms. The van der Waals surface area contributed by atoms with E-state index in [1.165, 1.54) is 11.1 Å². The van der Waals surface area contributed by atoms with Crippen LogP contribution in [0.4, 0.5) is 5.69 Å². The fourth-order valence-corrected chi connectivity index (χ4v) is 1.89. The topological polar surface area (TPSA) is 24.7 Å². The second-order valence-electron chi connectivity index (χ2n) is 3.64. The predicted octanol–water partition coefficient (Wildman–Crippen LogP) is 4.42. The Bertz CT molecular complexity index is 529. The standard InChI is InChI=1S/C14H10N2/c1-2-6-12-11(5-1)9-10-15-16-14-8-4-3-7-13(12)14/h1-10H/b10-9-,11-9?,13-12?,15-10?,16-14?,16-15-. The van der Waals surface area contributed by atoms with Crippen LogP contribution in [0.3, 0.4) is 0 Å². The molecule has 0 N–H and O–H groups in total. The predicted molar refractivity (Wildman–Crippen MR) is 65.4 cm³/mol. The van der Waals surface area contributed by atoms with Gasteiger partial charge in [0.2, 0.25) is 0 Å². The van der Waals surface area contributed by atoms with Crippen molar-refractivity contribution in [2.75, 3.05) is 0 Å². The number of rotatable bonds is 0. The zero-order chi connectivity index (χ0) is 10.8. The third-order valence-corrected chi connectivity index (χ3v) is 2.64. The van der Waals surface area contributed by atoms with Gasteiger partial charge in [0.1, 0.15) is 0 Å². The zero-order valence-electron chi connectivity index (χ0n) is 8.67. The number of hydrogen-bond acceptors (Lipinski definition) is 2. The van der Waals surface area contributed by atoms with Gasteiger partial charge in [0.15, 0.2) is 0 Å². The Morgan fingerprint density at radius 2 is 1.50 bits per heavy atom. The summed E-state index contributed by atoms with van der Waals surface area (Å²) in [6.07, 6.45) is 3.71. The quantitative estimate of drug-likeness (QED) is 0.609. The van der Waals surface area contributed by atoms with Gasteiger partial charge in [-0.3, -0.25) is 0 Å². The van der Waals surface area contributed by atoms with Crippen molar-refractivity contribution in [3.63, 3.8) is 0 Å². The van der Waals surface area contributed by atoms with E-state index < -0.39 is 0 Å². The van der Waals surface area contributed by atoms with E-state index in [-0.39, 0.29) is 0 Å². The minimum absolute atomic E-state index is 0.916. The molecule has 0 radical (unpaired) electrons. The Labute approximate surface area is 94.0 Å². The number of fused-ring (bicyclic) bond motifs is 3. The molecule has 0 fully saturated rings. The highest BCUT2D eigenvalue weighted by atomic mass is 15.1. The highest BCUT2D eigenvalue weighted by Gasteiger charge is 2.08. The molecule has 76 valence electrons. The molecule has 0 saturated heterocycles. The lowest BCUT2D eigenvalue weighted by atomic mass is 9.98. The van der Waals surface area contributed by atoms with Crippen LogP contribution >= 0.6 is 0 Å². The summed E-state index contributed by atoms with van der Waals surface area (Å²) in [6.45, 7) is 0. The van der Waals surface area contributed by atoms with Gasteiger partial charge in [-0.15, -0.1) is 0 Å². The molecular formula is C14H10N2. The van der Waals surface area contributed by atoms with E-state index in [4.69, 9.17) is 0 Å². The molecule has 0 unspecified atom stereocenters. The van der Waals surface area contributed by atoms with Crippen LogP contribution in [-0.4, -0.2) is 0 Å². The molecule has 2 nitrogen and oxygen atoms in total. The fourth-order valence-electron chi connectivity index (χ4n) is 1.89. The highest BCUT2D eigenvalue weighted by molar-refractivity contribution is 5.82. The van der Waals surface area contributed by atoms with Crippen molar-refractivity contribution in [1.82, 2.24) is 0 Å². The summed E-state index contributed by atoms with van der Waals surface area (Å²) in [4.78, 5) is 0. The third-order valence-electron chi connectivity index (χ3n) is 2.64. The molecule has 3 rings (SSSR count). The van der Waals surface area contributed by atoms with E-state index in [1.54, 1.807) is 6.20 Å². The minimum atomic E-state index is 0.916. The normalized spacial score (nSPS) is 16.5. The molecule has 2 aromatic carbocycles. The lowest BCUT2D eigenvalue weighted by Gasteiger charge is -2.09. The Morgan fingerprint density at radius 3 is 2.44 bits per heavy atom. The molecule has 0 aromatic heterocycles. The molecule has 2 aromatic rings. The number of benzene rings is 2. The first-order valence-corrected chi connectivity index (χ1v) is 5.21. The Balaban J connectivity index is 2.34. The number of azo groups is 1. The fraction of sp³-hybridized carbons (Fsp3) is 0. The second kappa shape index (κ2) is 3.74.